The summed E-state index contributed by atoms with van der Waals surface area (Å²) < 4.78 is 1.95. The Labute approximate surface area is 188 Å². The van der Waals surface area contributed by atoms with Gasteiger partial charge in [0.25, 0.3) is 0 Å². The lowest BCUT2D eigenvalue weighted by atomic mass is 9.88. The molecule has 0 radical (unpaired) electrons. The number of fused-ring (bicyclic) bond motifs is 1. The number of Topliss-reactive ketones (excluding diaryl/α,β-unsaturated/α-hetero) is 1. The number of hydrogen-bond donors (Lipinski definition) is 1. The van der Waals surface area contributed by atoms with Gasteiger partial charge in [0.1, 0.15) is 0 Å². The lowest BCUT2D eigenvalue weighted by Crippen LogP contribution is -2.22. The number of thioether (sulfide) groups is 1. The van der Waals surface area contributed by atoms with Gasteiger partial charge in [-0.25, -0.2) is 9.97 Å². The summed E-state index contributed by atoms with van der Waals surface area (Å²) in [4.78, 5) is 33.0. The number of nitrogens with one attached hydrogen (secondary N) is 1. The molecule has 1 aliphatic rings. The van der Waals surface area contributed by atoms with E-state index in [0.717, 1.165) is 11.4 Å². The lowest BCUT2D eigenvalue weighted by molar-refractivity contribution is -0.113. The Morgan fingerprint density at radius 2 is 2.03 bits per heavy atom. The van der Waals surface area contributed by atoms with Crippen molar-refractivity contribution in [2.24, 2.45) is 5.92 Å². The lowest BCUT2D eigenvalue weighted by Gasteiger charge is -2.19. The van der Waals surface area contributed by atoms with E-state index in [4.69, 9.17) is 11.6 Å². The zero-order valence-corrected chi connectivity index (χ0v) is 18.7. The van der Waals surface area contributed by atoms with Crippen LogP contribution in [0.5, 0.6) is 0 Å². The highest BCUT2D eigenvalue weighted by molar-refractivity contribution is 7.99. The van der Waals surface area contributed by atoms with E-state index in [9.17, 15) is 9.59 Å². The minimum atomic E-state index is -0.251. The summed E-state index contributed by atoms with van der Waals surface area (Å²) in [6.07, 6.45) is 2.72. The van der Waals surface area contributed by atoms with Gasteiger partial charge in [-0.05, 0) is 43.5 Å². The van der Waals surface area contributed by atoms with Crippen LogP contribution in [0.25, 0.3) is 11.4 Å². The summed E-state index contributed by atoms with van der Waals surface area (Å²) in [7, 11) is 0. The Morgan fingerprint density at radius 1 is 1.26 bits per heavy atom. The molecule has 3 aromatic rings. The molecule has 1 aromatic carbocycles. The Bertz CT molecular complexity index is 1130. The summed E-state index contributed by atoms with van der Waals surface area (Å²) in [6.45, 7) is 4.67. The van der Waals surface area contributed by atoms with Gasteiger partial charge in [-0.2, -0.15) is 0 Å². The smallest absolute Gasteiger partial charge is 0.237 e. The molecule has 8 nitrogen and oxygen atoms in total. The van der Waals surface area contributed by atoms with Gasteiger partial charge in [-0.1, -0.05) is 30.3 Å². The Balaban J connectivity index is 1.42. The fraction of sp³-hybridized carbons (Fsp3) is 0.333. The first-order valence-corrected chi connectivity index (χ1v) is 11.3. The molecule has 0 bridgehead atoms. The van der Waals surface area contributed by atoms with Crippen molar-refractivity contribution >= 4 is 41.0 Å². The van der Waals surface area contributed by atoms with Gasteiger partial charge in [0.05, 0.1) is 17.0 Å². The molecule has 1 amide bonds. The Kier molecular flexibility index (Phi) is 6.33. The van der Waals surface area contributed by atoms with Crippen molar-refractivity contribution in [3.05, 3.63) is 46.7 Å². The van der Waals surface area contributed by atoms with Gasteiger partial charge >= 0.3 is 0 Å². The maximum Gasteiger partial charge on any atom is 0.237 e. The van der Waals surface area contributed by atoms with Crippen molar-refractivity contribution < 1.29 is 9.59 Å². The average molecular weight is 457 g/mol. The Hall–Kier alpha value is -2.78. The fourth-order valence-electron chi connectivity index (χ4n) is 3.48. The van der Waals surface area contributed by atoms with Crippen LogP contribution in [0.15, 0.2) is 35.6 Å². The number of amides is 1. The number of rotatable bonds is 6. The van der Waals surface area contributed by atoms with Gasteiger partial charge in [0.15, 0.2) is 16.8 Å². The van der Waals surface area contributed by atoms with Crippen LogP contribution in [-0.4, -0.2) is 42.2 Å². The molecule has 10 heteroatoms. The molecule has 1 aliphatic carbocycles. The molecule has 4 rings (SSSR count). The van der Waals surface area contributed by atoms with Gasteiger partial charge in [-0.15, -0.1) is 10.2 Å². The molecule has 0 aliphatic heterocycles. The van der Waals surface area contributed by atoms with Crippen molar-refractivity contribution in [2.45, 2.75) is 38.4 Å². The number of carbonyl (C=O) groups is 2. The molecule has 0 fully saturated rings. The number of aromatic nitrogens is 5. The van der Waals surface area contributed by atoms with Crippen LogP contribution in [0.4, 0.5) is 5.95 Å². The summed E-state index contributed by atoms with van der Waals surface area (Å²) in [5.74, 6) is 1.11. The molecular weight excluding hydrogens is 436 g/mol. The van der Waals surface area contributed by atoms with Crippen LogP contribution in [0, 0.1) is 5.92 Å². The number of nitrogens with zero attached hydrogens (tertiary/aromatic N) is 5. The van der Waals surface area contributed by atoms with Crippen molar-refractivity contribution in [2.75, 3.05) is 11.1 Å². The highest BCUT2D eigenvalue weighted by Gasteiger charge is 2.24. The summed E-state index contributed by atoms with van der Waals surface area (Å²) in [5, 5.41) is 12.5. The molecule has 31 heavy (non-hydrogen) atoms. The third-order valence-electron chi connectivity index (χ3n) is 4.96. The monoisotopic (exact) mass is 456 g/mol. The number of carbonyl (C=O) groups excluding carboxylic acids is 2. The van der Waals surface area contributed by atoms with E-state index in [0.29, 0.717) is 40.8 Å². The van der Waals surface area contributed by atoms with Crippen molar-refractivity contribution in [3.8, 4) is 11.4 Å². The van der Waals surface area contributed by atoms with Crippen molar-refractivity contribution in [3.63, 3.8) is 0 Å². The molecule has 0 saturated heterocycles. The number of halogens is 1. The average Bonchev–Trinajstić information content (AvgIpc) is 3.15. The second kappa shape index (κ2) is 9.15. The van der Waals surface area contributed by atoms with Crippen LogP contribution in [0.1, 0.15) is 36.3 Å². The molecule has 160 valence electrons. The maximum atomic E-state index is 12.4. The third kappa shape index (κ3) is 4.77. The van der Waals surface area contributed by atoms with Crippen LogP contribution in [0.2, 0.25) is 5.02 Å². The predicted molar refractivity (Wildman–Crippen MR) is 119 cm³/mol. The van der Waals surface area contributed by atoms with E-state index in [1.807, 2.05) is 30.5 Å². The molecule has 1 N–H and O–H groups in total. The highest BCUT2D eigenvalue weighted by Crippen LogP contribution is 2.26. The van der Waals surface area contributed by atoms with Gasteiger partial charge in [-0.3, -0.25) is 14.9 Å². The van der Waals surface area contributed by atoms with E-state index < -0.39 is 0 Å². The maximum absolute atomic E-state index is 12.4. The van der Waals surface area contributed by atoms with Crippen molar-refractivity contribution in [1.82, 2.24) is 24.7 Å². The first-order chi connectivity index (χ1) is 14.9. The molecular formula is C21H21ClN6O2S. The molecule has 0 unspecified atom stereocenters. The number of benzene rings is 1. The summed E-state index contributed by atoms with van der Waals surface area (Å²) in [5.41, 5.74) is 2.15. The van der Waals surface area contributed by atoms with E-state index in [2.05, 4.69) is 25.5 Å². The van der Waals surface area contributed by atoms with E-state index in [1.165, 1.54) is 18.0 Å². The Morgan fingerprint density at radius 3 is 2.77 bits per heavy atom. The van der Waals surface area contributed by atoms with Crippen LogP contribution >= 0.6 is 23.4 Å². The van der Waals surface area contributed by atoms with Crippen molar-refractivity contribution in [1.29, 1.82) is 0 Å². The number of hydrogen-bond acceptors (Lipinski definition) is 7. The fourth-order valence-corrected chi connectivity index (χ4v) is 4.41. The predicted octanol–water partition coefficient (Wildman–Crippen LogP) is 3.90. The molecule has 2 heterocycles. The quantitative estimate of drug-likeness (QED) is 0.561. The van der Waals surface area contributed by atoms with E-state index in [-0.39, 0.29) is 29.3 Å². The second-order valence-corrected chi connectivity index (χ2v) is 8.76. The SMILES string of the molecule is CCn1c(SCC(=O)Nc2ncc3c(n2)C[C@@H](C)CC3=O)nnc1-c1ccc(Cl)cc1. The molecule has 0 spiro atoms. The molecule has 1 atom stereocenters. The third-order valence-corrected chi connectivity index (χ3v) is 6.18. The van der Waals surface area contributed by atoms with Gasteiger partial charge in [0.2, 0.25) is 11.9 Å². The van der Waals surface area contributed by atoms with E-state index >= 15 is 0 Å². The van der Waals surface area contributed by atoms with Gasteiger partial charge in [0, 0.05) is 29.7 Å². The largest absolute Gasteiger partial charge is 0.302 e. The first-order valence-electron chi connectivity index (χ1n) is 9.95. The molecule has 0 saturated carbocycles. The summed E-state index contributed by atoms with van der Waals surface area (Å²) >= 11 is 7.25. The minimum Gasteiger partial charge on any atom is -0.302 e. The zero-order chi connectivity index (χ0) is 22.0. The van der Waals surface area contributed by atoms with Gasteiger partial charge < -0.3 is 4.57 Å². The van der Waals surface area contributed by atoms with Crippen LogP contribution in [0.3, 0.4) is 0 Å². The second-order valence-electron chi connectivity index (χ2n) is 7.38. The highest BCUT2D eigenvalue weighted by atomic mass is 35.5. The zero-order valence-electron chi connectivity index (χ0n) is 17.1. The number of anilines is 1. The van der Waals surface area contributed by atoms with Crippen LogP contribution in [-0.2, 0) is 17.8 Å². The van der Waals surface area contributed by atoms with Crippen LogP contribution < -0.4 is 5.32 Å². The number of ketones is 1. The summed E-state index contributed by atoms with van der Waals surface area (Å²) in [6, 6.07) is 7.38. The first kappa shape index (κ1) is 21.5. The van der Waals surface area contributed by atoms with E-state index in [1.54, 1.807) is 12.1 Å². The topological polar surface area (TPSA) is 103 Å². The minimum absolute atomic E-state index is 0.0533. The normalized spacial score (nSPS) is 15.6. The standard InChI is InChI=1S/C21H21ClN6O2S/c1-3-28-19(13-4-6-14(22)7-5-13)26-27-21(28)31-11-18(30)25-20-23-10-15-16(24-20)8-12(2)9-17(15)29/h4-7,10,12H,3,8-9,11H2,1-2H3,(H,23,24,25,30)/t12-/m1/s1. The molecule has 2 aromatic heterocycles.